The van der Waals surface area contributed by atoms with Crippen LogP contribution in [0.25, 0.3) is 0 Å². The molecule has 14 nitrogen and oxygen atoms in total. The first-order valence-corrected chi connectivity index (χ1v) is 19.1. The molecule has 56 heavy (non-hydrogen) atoms. The summed E-state index contributed by atoms with van der Waals surface area (Å²) in [6.45, 7) is 4.73. The lowest BCUT2D eigenvalue weighted by Gasteiger charge is -2.33. The molecule has 294 valence electrons. The van der Waals surface area contributed by atoms with E-state index in [0.29, 0.717) is 71.9 Å². The number of anilines is 6. The Bertz CT molecular complexity index is 2060. The highest BCUT2D eigenvalue weighted by atomic mass is 35.5. The van der Waals surface area contributed by atoms with Gasteiger partial charge in [0.25, 0.3) is 0 Å². The number of methoxy groups -OCH3 is 1. The minimum absolute atomic E-state index is 0.0818. The number of carbonyl (C=O) groups excluding carboxylic acids is 4. The zero-order valence-corrected chi connectivity index (χ0v) is 32.9. The number of hydrogen-bond donors (Lipinski definition) is 4. The summed E-state index contributed by atoms with van der Waals surface area (Å²) in [6, 6.07) is 20.7. The molecule has 0 bridgehead atoms. The molecule has 15 heteroatoms. The fraction of sp³-hybridized carbons (Fsp3) is 0.366. The van der Waals surface area contributed by atoms with Crippen LogP contribution in [0.2, 0.25) is 5.02 Å². The molecule has 1 aromatic heterocycles. The number of likely N-dealkylation sites (tertiary alicyclic amines) is 1. The maximum atomic E-state index is 13.2. The number of halogens is 1. The van der Waals surface area contributed by atoms with Crippen molar-refractivity contribution >= 4 is 69.6 Å². The molecule has 3 amide bonds. The fourth-order valence-corrected chi connectivity index (χ4v) is 7.00. The summed E-state index contributed by atoms with van der Waals surface area (Å²) >= 11 is 6.40. The van der Waals surface area contributed by atoms with E-state index in [4.69, 9.17) is 16.3 Å². The highest BCUT2D eigenvalue weighted by Gasteiger charge is 2.27. The Morgan fingerprint density at radius 1 is 0.964 bits per heavy atom. The van der Waals surface area contributed by atoms with Crippen LogP contribution in [-0.2, 0) is 14.4 Å². The molecule has 3 heterocycles. The molecule has 6 rings (SSSR count). The summed E-state index contributed by atoms with van der Waals surface area (Å²) in [6.07, 6.45) is 4.24. The van der Waals surface area contributed by atoms with Crippen LogP contribution in [0.4, 0.5) is 34.5 Å². The number of nitrogens with one attached hydrogen (secondary N) is 4. The zero-order chi connectivity index (χ0) is 39.8. The molecule has 2 fully saturated rings. The van der Waals surface area contributed by atoms with E-state index in [0.717, 1.165) is 37.3 Å². The lowest BCUT2D eigenvalue weighted by atomic mass is 9.89. The standard InChI is InChI=1S/C41H48ClN9O5/c1-26(52)31-7-5-6-8-33(31)45-39-32(42)24-43-41(48-39)46-34-14-13-30(23-36(34)56-4)49(2)21-22-50(3)38(54)25-51-19-17-28(18-20-51)27-9-11-29(12-10-27)44-35-15-16-37(53)47-40(35)55/h5-14,23-24,28,35,44H,15-22,25H2,1-4H3,(H,47,53,55)(H2,43,45,46,48). The number of aromatic nitrogens is 2. The molecular formula is C41H48ClN9O5. The number of likely N-dealkylation sites (N-methyl/N-ethyl adjacent to an activating group) is 2. The number of ketones is 1. The summed E-state index contributed by atoms with van der Waals surface area (Å²) < 4.78 is 5.70. The number of carbonyl (C=O) groups is 4. The van der Waals surface area contributed by atoms with Crippen LogP contribution in [0.1, 0.15) is 54.4 Å². The summed E-state index contributed by atoms with van der Waals surface area (Å²) in [5, 5.41) is 12.3. The normalized spacial score (nSPS) is 16.1. The third kappa shape index (κ3) is 10.1. The van der Waals surface area contributed by atoms with E-state index < -0.39 is 6.04 Å². The van der Waals surface area contributed by atoms with Crippen molar-refractivity contribution in [3.8, 4) is 5.75 Å². The molecule has 2 aliphatic rings. The van der Waals surface area contributed by atoms with Crippen molar-refractivity contribution in [2.75, 3.05) is 74.8 Å². The first-order valence-electron chi connectivity index (χ1n) is 18.7. The molecule has 2 saturated heterocycles. The van der Waals surface area contributed by atoms with Gasteiger partial charge in [0.15, 0.2) is 11.6 Å². The highest BCUT2D eigenvalue weighted by molar-refractivity contribution is 6.33. The molecule has 4 N–H and O–H groups in total. The van der Waals surface area contributed by atoms with Crippen molar-refractivity contribution in [1.29, 1.82) is 0 Å². The van der Waals surface area contributed by atoms with Gasteiger partial charge >= 0.3 is 0 Å². The van der Waals surface area contributed by atoms with E-state index in [1.807, 2.05) is 50.5 Å². The average Bonchev–Trinajstić information content (AvgIpc) is 3.20. The Labute approximate surface area is 332 Å². The van der Waals surface area contributed by atoms with Crippen molar-refractivity contribution in [1.82, 2.24) is 25.1 Å². The van der Waals surface area contributed by atoms with Crippen molar-refractivity contribution in [3.63, 3.8) is 0 Å². The fourth-order valence-electron chi connectivity index (χ4n) is 6.86. The van der Waals surface area contributed by atoms with Crippen LogP contribution >= 0.6 is 11.6 Å². The second-order valence-electron chi connectivity index (χ2n) is 14.2. The van der Waals surface area contributed by atoms with Gasteiger partial charge in [-0.2, -0.15) is 4.98 Å². The van der Waals surface area contributed by atoms with Gasteiger partial charge in [-0.15, -0.1) is 0 Å². The van der Waals surface area contributed by atoms with E-state index in [1.54, 1.807) is 30.2 Å². The van der Waals surface area contributed by atoms with Crippen molar-refractivity contribution in [3.05, 3.63) is 89.1 Å². The molecule has 2 aliphatic heterocycles. The Kier molecular flexibility index (Phi) is 13.0. The molecule has 1 atom stereocenters. The maximum Gasteiger partial charge on any atom is 0.249 e. The van der Waals surface area contributed by atoms with Gasteiger partial charge in [-0.05, 0) is 87.2 Å². The quantitative estimate of drug-likeness (QED) is 0.0847. The molecule has 0 saturated carbocycles. The monoisotopic (exact) mass is 781 g/mol. The van der Waals surface area contributed by atoms with Gasteiger partial charge in [-0.3, -0.25) is 29.4 Å². The zero-order valence-electron chi connectivity index (χ0n) is 32.1. The molecular weight excluding hydrogens is 734 g/mol. The predicted molar refractivity (Wildman–Crippen MR) is 219 cm³/mol. The van der Waals surface area contributed by atoms with Gasteiger partial charge in [-0.1, -0.05) is 35.9 Å². The number of para-hydroxylation sites is 1. The number of ether oxygens (including phenoxy) is 1. The number of benzene rings is 3. The summed E-state index contributed by atoms with van der Waals surface area (Å²) in [4.78, 5) is 63.8. The Balaban J connectivity index is 0.959. The Morgan fingerprint density at radius 2 is 1.71 bits per heavy atom. The van der Waals surface area contributed by atoms with Gasteiger partial charge in [-0.25, -0.2) is 4.98 Å². The van der Waals surface area contributed by atoms with E-state index >= 15 is 0 Å². The van der Waals surface area contributed by atoms with Crippen LogP contribution in [0.3, 0.4) is 0 Å². The number of hydrogen-bond acceptors (Lipinski definition) is 12. The Morgan fingerprint density at radius 3 is 2.43 bits per heavy atom. The smallest absolute Gasteiger partial charge is 0.249 e. The average molecular weight is 782 g/mol. The van der Waals surface area contributed by atoms with Crippen LogP contribution < -0.4 is 30.9 Å². The molecule has 1 unspecified atom stereocenters. The Hall–Kier alpha value is -5.73. The van der Waals surface area contributed by atoms with Crippen molar-refractivity contribution in [2.45, 2.75) is 44.6 Å². The van der Waals surface area contributed by atoms with E-state index in [2.05, 4.69) is 53.2 Å². The van der Waals surface area contributed by atoms with Gasteiger partial charge in [0.05, 0.1) is 31.2 Å². The van der Waals surface area contributed by atoms with Crippen LogP contribution in [-0.4, -0.2) is 103 Å². The number of imide groups is 1. The first kappa shape index (κ1) is 39.9. The van der Waals surface area contributed by atoms with Crippen molar-refractivity contribution < 1.29 is 23.9 Å². The number of rotatable bonds is 15. The SMILES string of the molecule is COc1cc(N(C)CCN(C)C(=O)CN2CCC(c3ccc(NC4CCC(=O)NC4=O)cc3)CC2)ccc1Nc1ncc(Cl)c(Nc2ccccc2C(C)=O)n1. The van der Waals surface area contributed by atoms with Gasteiger partial charge < -0.3 is 30.5 Å². The number of amides is 3. The third-order valence-electron chi connectivity index (χ3n) is 10.3. The van der Waals surface area contributed by atoms with Crippen LogP contribution in [0.5, 0.6) is 5.75 Å². The molecule has 0 aliphatic carbocycles. The topological polar surface area (TPSA) is 161 Å². The predicted octanol–water partition coefficient (Wildman–Crippen LogP) is 5.82. The summed E-state index contributed by atoms with van der Waals surface area (Å²) in [5.41, 5.74) is 4.78. The minimum Gasteiger partial charge on any atom is -0.494 e. The van der Waals surface area contributed by atoms with Gasteiger partial charge in [0.1, 0.15) is 16.8 Å². The number of nitrogens with zero attached hydrogens (tertiary/aromatic N) is 5. The van der Waals surface area contributed by atoms with Gasteiger partial charge in [0.2, 0.25) is 23.7 Å². The molecule has 0 radical (unpaired) electrons. The number of Topliss-reactive ketones (excluding diaryl/α,β-unsaturated/α-hetero) is 1. The first-order chi connectivity index (χ1) is 27.0. The van der Waals surface area contributed by atoms with Gasteiger partial charge in [0, 0.05) is 56.6 Å². The molecule has 0 spiro atoms. The number of piperidine rings is 2. The van der Waals surface area contributed by atoms with Crippen molar-refractivity contribution in [2.24, 2.45) is 0 Å². The van der Waals surface area contributed by atoms with E-state index in [-0.39, 0.29) is 29.5 Å². The van der Waals surface area contributed by atoms with E-state index in [1.165, 1.54) is 18.7 Å². The second kappa shape index (κ2) is 18.3. The minimum atomic E-state index is -0.405. The highest BCUT2D eigenvalue weighted by Crippen LogP contribution is 2.33. The maximum absolute atomic E-state index is 13.2. The summed E-state index contributed by atoms with van der Waals surface area (Å²) in [5.74, 6) is 1.12. The third-order valence-corrected chi connectivity index (χ3v) is 10.6. The molecule has 3 aromatic carbocycles. The lowest BCUT2D eigenvalue weighted by Crippen LogP contribution is -2.47. The van der Waals surface area contributed by atoms with E-state index in [9.17, 15) is 19.2 Å². The lowest BCUT2D eigenvalue weighted by molar-refractivity contribution is -0.134. The summed E-state index contributed by atoms with van der Waals surface area (Å²) in [7, 11) is 5.41. The second-order valence-corrected chi connectivity index (χ2v) is 14.6. The molecule has 4 aromatic rings. The van der Waals surface area contributed by atoms with Crippen LogP contribution in [0, 0.1) is 0 Å². The van der Waals surface area contributed by atoms with Crippen LogP contribution in [0.15, 0.2) is 72.9 Å². The largest absolute Gasteiger partial charge is 0.494 e.